The number of halogens is 3. The number of hydrogen-bond donors (Lipinski definition) is 0. The smallest absolute Gasteiger partial charge is 0.244 e. The Morgan fingerprint density at radius 3 is 2.48 bits per heavy atom. The number of alkyl halides is 3. The number of carbonyl (C=O) groups is 1. The molecule has 2 aliphatic rings. The minimum atomic E-state index is -0.894. The van der Waals surface area contributed by atoms with E-state index >= 15 is 0 Å². The fourth-order valence-corrected chi connectivity index (χ4v) is 4.56. The van der Waals surface area contributed by atoms with Crippen LogP contribution >= 0.6 is 34.8 Å². The molecule has 2 heterocycles. The maximum atomic E-state index is 12.0. The van der Waals surface area contributed by atoms with Crippen LogP contribution in [0, 0.1) is 0 Å². The van der Waals surface area contributed by atoms with Crippen molar-refractivity contribution in [1.82, 2.24) is 4.90 Å². The van der Waals surface area contributed by atoms with Crippen LogP contribution in [0.2, 0.25) is 0 Å². The third kappa shape index (κ3) is 1.79. The number of hydrogen-bond acceptors (Lipinski definition) is 3. The van der Waals surface area contributed by atoms with Crippen LogP contribution < -0.4 is 9.47 Å². The summed E-state index contributed by atoms with van der Waals surface area (Å²) in [7, 11) is 3.14. The summed E-state index contributed by atoms with van der Waals surface area (Å²) in [4.78, 5) is 12.8. The molecular formula is C14H14Cl3NO3. The Morgan fingerprint density at radius 2 is 1.90 bits per heavy atom. The number of β-lactam (4-membered cyclic amide) rings is 1. The predicted molar refractivity (Wildman–Crippen MR) is 81.8 cm³/mol. The third-order valence-corrected chi connectivity index (χ3v) is 5.48. The molecule has 0 aliphatic carbocycles. The first-order valence-corrected chi connectivity index (χ1v) is 7.78. The van der Waals surface area contributed by atoms with E-state index in [4.69, 9.17) is 44.3 Å². The zero-order chi connectivity index (χ0) is 15.4. The molecular weight excluding hydrogens is 337 g/mol. The van der Waals surface area contributed by atoms with Crippen LogP contribution in [0.25, 0.3) is 0 Å². The molecule has 0 saturated carbocycles. The highest BCUT2D eigenvalue weighted by atomic mass is 35.5. The van der Waals surface area contributed by atoms with Crippen molar-refractivity contribution in [2.75, 3.05) is 20.8 Å². The number of nitrogens with zero attached hydrogens (tertiary/aromatic N) is 1. The average Bonchev–Trinajstić information content (AvgIpc) is 2.50. The van der Waals surface area contributed by atoms with Gasteiger partial charge in [-0.25, -0.2) is 0 Å². The van der Waals surface area contributed by atoms with Gasteiger partial charge in [-0.15, -0.1) is 34.8 Å². The van der Waals surface area contributed by atoms with Gasteiger partial charge in [0.1, 0.15) is 15.8 Å². The standard InChI is InChI=1S/C14H14Cl3NO3/c1-20-9-5-7-3-4-18-12(19)11(15)14(18,13(16)17)8(7)6-10(9)21-2/h5-6,11,13H,3-4H2,1-2H3. The summed E-state index contributed by atoms with van der Waals surface area (Å²) in [5, 5.41) is -0.769. The van der Waals surface area contributed by atoms with Crippen molar-refractivity contribution in [3.05, 3.63) is 23.3 Å². The van der Waals surface area contributed by atoms with E-state index in [-0.39, 0.29) is 5.91 Å². The predicted octanol–water partition coefficient (Wildman–Crippen LogP) is 2.71. The molecule has 0 spiro atoms. The highest BCUT2D eigenvalue weighted by molar-refractivity contribution is 6.47. The normalized spacial score (nSPS) is 27.0. The Hall–Kier alpha value is -0.840. The third-order valence-electron chi connectivity index (χ3n) is 4.29. The Balaban J connectivity index is 2.21. The van der Waals surface area contributed by atoms with Gasteiger partial charge in [-0.1, -0.05) is 0 Å². The number of benzene rings is 1. The highest BCUT2D eigenvalue weighted by Crippen LogP contribution is 2.55. The van der Waals surface area contributed by atoms with Crippen LogP contribution in [0.4, 0.5) is 0 Å². The number of carbonyl (C=O) groups excluding carboxylic acids is 1. The molecule has 1 fully saturated rings. The lowest BCUT2D eigenvalue weighted by atomic mass is 9.72. The van der Waals surface area contributed by atoms with Gasteiger partial charge >= 0.3 is 0 Å². The number of fused-ring (bicyclic) bond motifs is 3. The van der Waals surface area contributed by atoms with E-state index in [2.05, 4.69) is 0 Å². The molecule has 0 radical (unpaired) electrons. The zero-order valence-electron chi connectivity index (χ0n) is 11.5. The molecule has 1 aromatic rings. The van der Waals surface area contributed by atoms with Crippen molar-refractivity contribution in [3.63, 3.8) is 0 Å². The van der Waals surface area contributed by atoms with E-state index in [1.807, 2.05) is 12.1 Å². The molecule has 0 N–H and O–H groups in total. The Kier molecular flexibility index (Phi) is 3.67. The van der Waals surface area contributed by atoms with Gasteiger partial charge in [0, 0.05) is 6.54 Å². The molecule has 1 amide bonds. The van der Waals surface area contributed by atoms with Gasteiger partial charge in [-0.2, -0.15) is 0 Å². The molecule has 2 aliphatic heterocycles. The molecule has 1 saturated heterocycles. The largest absolute Gasteiger partial charge is 0.493 e. The molecule has 1 aromatic carbocycles. The van der Waals surface area contributed by atoms with Crippen molar-refractivity contribution in [2.45, 2.75) is 22.2 Å². The SMILES string of the molecule is COc1cc2c(cc1OC)C1(C(Cl)Cl)C(Cl)C(=O)N1CC2. The van der Waals surface area contributed by atoms with Crippen LogP contribution in [0.1, 0.15) is 11.1 Å². The molecule has 3 rings (SSSR count). The number of methoxy groups -OCH3 is 2. The van der Waals surface area contributed by atoms with Gasteiger partial charge in [-0.05, 0) is 29.7 Å². The molecule has 2 unspecified atom stereocenters. The maximum absolute atomic E-state index is 12.0. The van der Waals surface area contributed by atoms with Crippen LogP contribution in [0.15, 0.2) is 12.1 Å². The van der Waals surface area contributed by atoms with Gasteiger partial charge in [-0.3, -0.25) is 4.79 Å². The number of amides is 1. The molecule has 21 heavy (non-hydrogen) atoms. The van der Waals surface area contributed by atoms with Gasteiger partial charge in [0.15, 0.2) is 11.5 Å². The first kappa shape index (κ1) is 15.1. The average molecular weight is 351 g/mol. The van der Waals surface area contributed by atoms with Crippen molar-refractivity contribution in [1.29, 1.82) is 0 Å². The molecule has 0 bridgehead atoms. The summed E-state index contributed by atoms with van der Waals surface area (Å²) in [6.45, 7) is 0.542. The van der Waals surface area contributed by atoms with Crippen LogP contribution in [0.5, 0.6) is 11.5 Å². The van der Waals surface area contributed by atoms with E-state index in [9.17, 15) is 4.79 Å². The summed E-state index contributed by atoms with van der Waals surface area (Å²) in [5.74, 6) is 1.07. The fourth-order valence-electron chi connectivity index (χ4n) is 3.23. The summed E-state index contributed by atoms with van der Waals surface area (Å²) in [6, 6.07) is 3.72. The van der Waals surface area contributed by atoms with E-state index < -0.39 is 15.8 Å². The quantitative estimate of drug-likeness (QED) is 0.621. The lowest BCUT2D eigenvalue weighted by Crippen LogP contribution is -2.74. The molecule has 4 nitrogen and oxygen atoms in total. The lowest BCUT2D eigenvalue weighted by molar-refractivity contribution is -0.156. The molecule has 7 heteroatoms. The minimum absolute atomic E-state index is 0.136. The van der Waals surface area contributed by atoms with Gasteiger partial charge in [0.2, 0.25) is 5.91 Å². The summed E-state index contributed by atoms with van der Waals surface area (Å²) in [6.07, 6.45) is 0.702. The van der Waals surface area contributed by atoms with E-state index in [0.717, 1.165) is 11.1 Å². The second-order valence-corrected chi connectivity index (χ2v) is 6.63. The Bertz CT molecular complexity index is 607. The fraction of sp³-hybridized carbons (Fsp3) is 0.500. The van der Waals surface area contributed by atoms with Crippen LogP contribution in [0.3, 0.4) is 0 Å². The highest BCUT2D eigenvalue weighted by Gasteiger charge is 2.65. The van der Waals surface area contributed by atoms with Crippen molar-refractivity contribution < 1.29 is 14.3 Å². The molecule has 114 valence electrons. The second kappa shape index (κ2) is 5.11. The van der Waals surface area contributed by atoms with Crippen molar-refractivity contribution in [3.8, 4) is 11.5 Å². The minimum Gasteiger partial charge on any atom is -0.493 e. The number of ether oxygens (including phenoxy) is 2. The first-order valence-electron chi connectivity index (χ1n) is 6.47. The van der Waals surface area contributed by atoms with E-state index in [0.29, 0.717) is 24.5 Å². The Labute approximate surface area is 137 Å². The van der Waals surface area contributed by atoms with E-state index in [1.54, 1.807) is 19.1 Å². The van der Waals surface area contributed by atoms with Crippen molar-refractivity contribution >= 4 is 40.7 Å². The molecule has 0 aromatic heterocycles. The Morgan fingerprint density at radius 1 is 1.29 bits per heavy atom. The zero-order valence-corrected chi connectivity index (χ0v) is 13.8. The van der Waals surface area contributed by atoms with Gasteiger partial charge < -0.3 is 14.4 Å². The van der Waals surface area contributed by atoms with E-state index in [1.165, 1.54) is 0 Å². The van der Waals surface area contributed by atoms with Gasteiger partial charge in [0.05, 0.1) is 14.2 Å². The second-order valence-electron chi connectivity index (χ2n) is 5.09. The molecule has 2 atom stereocenters. The van der Waals surface area contributed by atoms with Crippen LogP contribution in [-0.2, 0) is 16.8 Å². The summed E-state index contributed by atoms with van der Waals surface area (Å²) in [5.41, 5.74) is 0.962. The topological polar surface area (TPSA) is 38.8 Å². The maximum Gasteiger partial charge on any atom is 0.244 e. The number of rotatable bonds is 3. The van der Waals surface area contributed by atoms with Crippen LogP contribution in [-0.4, -0.2) is 41.8 Å². The van der Waals surface area contributed by atoms with Gasteiger partial charge in [0.25, 0.3) is 0 Å². The summed E-state index contributed by atoms with van der Waals surface area (Å²) >= 11 is 18.7. The first-order chi connectivity index (χ1) is 9.98. The van der Waals surface area contributed by atoms with Crippen molar-refractivity contribution in [2.24, 2.45) is 0 Å². The lowest BCUT2D eigenvalue weighted by Gasteiger charge is -2.59. The monoisotopic (exact) mass is 349 g/mol. The summed E-state index contributed by atoms with van der Waals surface area (Å²) < 4.78 is 10.7.